The number of likely N-dealkylation sites (N-methyl/N-ethyl adjacent to an activating group) is 1. The molecule has 90 valence electrons. The Morgan fingerprint density at radius 3 is 2.27 bits per heavy atom. The number of nitrogens with zero attached hydrogens (tertiary/aromatic N) is 1. The first-order valence-corrected chi connectivity index (χ1v) is 5.98. The maximum absolute atomic E-state index is 11.0. The fraction of sp³-hybridized carbons (Fsp3) is 0.875. The molecule has 0 radical (unpaired) electrons. The maximum atomic E-state index is 11.0. The van der Waals surface area contributed by atoms with Crippen molar-refractivity contribution in [1.82, 2.24) is 0 Å². The van der Waals surface area contributed by atoms with Crippen molar-refractivity contribution in [3.8, 4) is 0 Å². The Kier molecular flexibility index (Phi) is 5.62. The summed E-state index contributed by atoms with van der Waals surface area (Å²) in [6.45, 7) is 1.36. The largest absolute Gasteiger partial charge is 0.756 e. The summed E-state index contributed by atoms with van der Waals surface area (Å²) in [4.78, 5) is 21.5. The van der Waals surface area contributed by atoms with Gasteiger partial charge < -0.3 is 18.4 Å². The van der Waals surface area contributed by atoms with E-state index >= 15 is 0 Å². The molecule has 0 spiro atoms. The number of rotatable bonds is 7. The molecule has 0 saturated heterocycles. The minimum Gasteiger partial charge on any atom is -0.756 e. The van der Waals surface area contributed by atoms with Gasteiger partial charge in [-0.1, -0.05) is 0 Å². The highest BCUT2D eigenvalue weighted by Gasteiger charge is 2.13. The normalized spacial score (nSPS) is 16.1. The third-order valence-corrected chi connectivity index (χ3v) is 2.38. The van der Waals surface area contributed by atoms with Crippen LogP contribution in [0.3, 0.4) is 0 Å². The Morgan fingerprint density at radius 2 is 1.87 bits per heavy atom. The van der Waals surface area contributed by atoms with Gasteiger partial charge in [-0.05, 0) is 6.92 Å². The molecular weight excluding hydrogens is 221 g/mol. The first-order valence-electron chi connectivity index (χ1n) is 4.52. The number of carbonyl (C=O) groups is 1. The van der Waals surface area contributed by atoms with Crippen molar-refractivity contribution in [2.45, 2.75) is 6.92 Å². The molecule has 15 heavy (non-hydrogen) atoms. The fourth-order valence-corrected chi connectivity index (χ4v) is 1.35. The molecule has 0 aromatic carbocycles. The molecule has 0 aliphatic heterocycles. The van der Waals surface area contributed by atoms with Gasteiger partial charge in [0.15, 0.2) is 5.78 Å². The molecule has 1 atom stereocenters. The highest BCUT2D eigenvalue weighted by Crippen LogP contribution is 2.37. The summed E-state index contributed by atoms with van der Waals surface area (Å²) in [6, 6.07) is 0. The van der Waals surface area contributed by atoms with E-state index in [2.05, 4.69) is 9.05 Å². The lowest BCUT2D eigenvalue weighted by Gasteiger charge is -2.26. The topological polar surface area (TPSA) is 75.7 Å². The van der Waals surface area contributed by atoms with Crippen LogP contribution in [-0.4, -0.2) is 51.2 Å². The van der Waals surface area contributed by atoms with Gasteiger partial charge >= 0.3 is 0 Å². The lowest BCUT2D eigenvalue weighted by Crippen LogP contribution is -2.37. The molecule has 0 bridgehead atoms. The van der Waals surface area contributed by atoms with Gasteiger partial charge in [0.25, 0.3) is 7.82 Å². The number of carbonyl (C=O) groups excluding carboxylic acids is 1. The van der Waals surface area contributed by atoms with Crippen molar-refractivity contribution in [2.75, 3.05) is 40.9 Å². The second kappa shape index (κ2) is 5.72. The zero-order valence-electron chi connectivity index (χ0n) is 9.56. The first-order chi connectivity index (χ1) is 6.62. The molecule has 0 aromatic rings. The summed E-state index contributed by atoms with van der Waals surface area (Å²) < 4.78 is 20.5. The van der Waals surface area contributed by atoms with Crippen LogP contribution in [0.2, 0.25) is 0 Å². The van der Waals surface area contributed by atoms with Crippen LogP contribution < -0.4 is 4.89 Å². The van der Waals surface area contributed by atoms with E-state index in [-0.39, 0.29) is 12.4 Å². The minimum absolute atomic E-state index is 0.0438. The Hall–Kier alpha value is -0.260. The number of phosphoric ester groups is 1. The van der Waals surface area contributed by atoms with Crippen LogP contribution in [0.15, 0.2) is 0 Å². The summed E-state index contributed by atoms with van der Waals surface area (Å²) >= 11 is 0. The summed E-state index contributed by atoms with van der Waals surface area (Å²) in [5, 5.41) is 0. The lowest BCUT2D eigenvalue weighted by molar-refractivity contribution is -0.870. The zero-order valence-corrected chi connectivity index (χ0v) is 10.5. The third kappa shape index (κ3) is 10.0. The van der Waals surface area contributed by atoms with Crippen molar-refractivity contribution in [1.29, 1.82) is 0 Å². The highest BCUT2D eigenvalue weighted by atomic mass is 31.2. The monoisotopic (exact) mass is 239 g/mol. The Labute approximate surface area is 90.0 Å². The smallest absolute Gasteiger partial charge is 0.268 e. The fourth-order valence-electron chi connectivity index (χ4n) is 0.634. The summed E-state index contributed by atoms with van der Waals surface area (Å²) in [7, 11) is 1.42. The van der Waals surface area contributed by atoms with Crippen LogP contribution >= 0.6 is 7.82 Å². The minimum atomic E-state index is -4.31. The van der Waals surface area contributed by atoms with Gasteiger partial charge in [-0.15, -0.1) is 0 Å². The van der Waals surface area contributed by atoms with Crippen LogP contribution in [0.4, 0.5) is 0 Å². The molecule has 0 aliphatic carbocycles. The van der Waals surface area contributed by atoms with Gasteiger partial charge in [0.1, 0.15) is 19.8 Å². The van der Waals surface area contributed by atoms with E-state index in [0.717, 1.165) is 0 Å². The van der Waals surface area contributed by atoms with E-state index < -0.39 is 14.4 Å². The van der Waals surface area contributed by atoms with Crippen molar-refractivity contribution < 1.29 is 27.8 Å². The molecule has 0 saturated carbocycles. The number of quaternary nitrogens is 1. The number of hydrogen-bond acceptors (Lipinski definition) is 5. The summed E-state index contributed by atoms with van der Waals surface area (Å²) in [5.74, 6) is -0.360. The highest BCUT2D eigenvalue weighted by molar-refractivity contribution is 7.45. The molecule has 0 rings (SSSR count). The zero-order chi connectivity index (χ0) is 12.1. The average Bonchev–Trinajstić information content (AvgIpc) is 1.98. The molecule has 0 aliphatic rings. The molecule has 0 amide bonds. The number of ketones is 1. The molecule has 0 fully saturated rings. The number of Topliss-reactive ketones (excluding diaryl/α,β-unsaturated/α-hetero) is 1. The van der Waals surface area contributed by atoms with Crippen LogP contribution in [0.25, 0.3) is 0 Å². The standard InChI is InChI=1S/C8H18NO5P/c1-8(10)7-14-15(11,12)13-6-5-9(2,3)4/h5-7H2,1-4H3. The van der Waals surface area contributed by atoms with E-state index in [0.29, 0.717) is 11.0 Å². The lowest BCUT2D eigenvalue weighted by atomic mass is 10.5. The van der Waals surface area contributed by atoms with Crippen molar-refractivity contribution in [2.24, 2.45) is 0 Å². The van der Waals surface area contributed by atoms with Gasteiger partial charge in [-0.25, -0.2) is 0 Å². The number of phosphoric acid groups is 1. The molecule has 7 heteroatoms. The Bertz CT molecular complexity index is 260. The Morgan fingerprint density at radius 1 is 1.33 bits per heavy atom. The van der Waals surface area contributed by atoms with Crippen LogP contribution in [0, 0.1) is 0 Å². The van der Waals surface area contributed by atoms with Crippen molar-refractivity contribution in [3.63, 3.8) is 0 Å². The van der Waals surface area contributed by atoms with Gasteiger partial charge in [-0.3, -0.25) is 9.36 Å². The van der Waals surface area contributed by atoms with E-state index in [9.17, 15) is 14.3 Å². The van der Waals surface area contributed by atoms with Crippen LogP contribution in [-0.2, 0) is 18.4 Å². The molecule has 6 nitrogen and oxygen atoms in total. The first kappa shape index (κ1) is 14.7. The average molecular weight is 239 g/mol. The second-order valence-corrected chi connectivity index (χ2v) is 5.68. The summed E-state index contributed by atoms with van der Waals surface area (Å²) in [5.41, 5.74) is 0. The maximum Gasteiger partial charge on any atom is 0.268 e. The third-order valence-electron chi connectivity index (χ3n) is 1.44. The SMILES string of the molecule is CC(=O)COP(=O)([O-])OCC[N+](C)(C)C. The molecular formula is C8H18NO5P. The van der Waals surface area contributed by atoms with Crippen LogP contribution in [0.1, 0.15) is 6.92 Å². The van der Waals surface area contributed by atoms with E-state index in [1.54, 1.807) is 0 Å². The predicted molar refractivity (Wildman–Crippen MR) is 53.1 cm³/mol. The van der Waals surface area contributed by atoms with E-state index in [1.165, 1.54) is 6.92 Å². The predicted octanol–water partition coefficient (Wildman–Crippen LogP) is -0.217. The summed E-state index contributed by atoms with van der Waals surface area (Å²) in [6.07, 6.45) is 0. The van der Waals surface area contributed by atoms with Gasteiger partial charge in [0.2, 0.25) is 0 Å². The van der Waals surface area contributed by atoms with Crippen LogP contribution in [0.5, 0.6) is 0 Å². The second-order valence-electron chi connectivity index (χ2n) is 4.27. The molecule has 0 N–H and O–H groups in total. The Balaban J connectivity index is 3.84. The molecule has 0 aromatic heterocycles. The quantitative estimate of drug-likeness (QED) is 0.453. The van der Waals surface area contributed by atoms with Gasteiger partial charge in [0.05, 0.1) is 21.1 Å². The van der Waals surface area contributed by atoms with E-state index in [1.807, 2.05) is 21.1 Å². The van der Waals surface area contributed by atoms with E-state index in [4.69, 9.17) is 0 Å². The molecule has 0 heterocycles. The van der Waals surface area contributed by atoms with Gasteiger partial charge in [0, 0.05) is 0 Å². The van der Waals surface area contributed by atoms with Crippen molar-refractivity contribution in [3.05, 3.63) is 0 Å². The molecule has 1 unspecified atom stereocenters. The number of hydrogen-bond donors (Lipinski definition) is 0. The van der Waals surface area contributed by atoms with Crippen molar-refractivity contribution >= 4 is 13.6 Å². The van der Waals surface area contributed by atoms with Gasteiger partial charge in [-0.2, -0.15) is 0 Å².